The minimum absolute atomic E-state index is 0.136. The van der Waals surface area contributed by atoms with Crippen molar-refractivity contribution in [3.8, 4) is 11.1 Å². The van der Waals surface area contributed by atoms with Gasteiger partial charge < -0.3 is 4.90 Å². The Hall–Kier alpha value is -3.58. The molecular formula is C35H41N. The molecule has 0 atom stereocenters. The van der Waals surface area contributed by atoms with Gasteiger partial charge in [-0.1, -0.05) is 108 Å². The average molecular weight is 476 g/mol. The molecule has 0 saturated carbocycles. The van der Waals surface area contributed by atoms with E-state index in [1.165, 1.54) is 33.5 Å². The molecule has 0 aliphatic heterocycles. The molecule has 4 aromatic rings. The topological polar surface area (TPSA) is 3.24 Å². The Morgan fingerprint density at radius 3 is 1.08 bits per heavy atom. The van der Waals surface area contributed by atoms with Gasteiger partial charge in [-0.3, -0.25) is 0 Å². The monoisotopic (exact) mass is 475 g/mol. The Kier molecular flexibility index (Phi) is 8.25. The summed E-state index contributed by atoms with van der Waals surface area (Å²) in [6.07, 6.45) is 0. The molecule has 0 radical (unpaired) electrons. The van der Waals surface area contributed by atoms with Gasteiger partial charge in [-0.05, 0) is 76.4 Å². The first kappa shape index (κ1) is 27.0. The van der Waals surface area contributed by atoms with Gasteiger partial charge >= 0.3 is 0 Å². The molecular weight excluding hydrogens is 434 g/mol. The second-order valence-electron chi connectivity index (χ2n) is 11.3. The summed E-state index contributed by atoms with van der Waals surface area (Å²) in [4.78, 5) is 2.33. The van der Waals surface area contributed by atoms with Crippen LogP contribution in [0.5, 0.6) is 0 Å². The average Bonchev–Trinajstić information content (AvgIpc) is 2.86. The number of hydrogen-bond acceptors (Lipinski definition) is 1. The van der Waals surface area contributed by atoms with Crippen molar-refractivity contribution in [1.29, 1.82) is 0 Å². The summed E-state index contributed by atoms with van der Waals surface area (Å²) in [5, 5.41) is 0. The first-order chi connectivity index (χ1) is 17.0. The SMILES string of the molecule is C=C.Cc1ccc(N(c2ccc(-c3ccc(C(C)(C)C)cc3)cc2)c2ccc(C(C)(C)C)cc2)cc1. The zero-order valence-electron chi connectivity index (χ0n) is 23.1. The minimum Gasteiger partial charge on any atom is -0.311 e. The van der Waals surface area contributed by atoms with E-state index < -0.39 is 0 Å². The number of aryl methyl sites for hydroxylation is 1. The fourth-order valence-electron chi connectivity index (χ4n) is 4.22. The lowest BCUT2D eigenvalue weighted by Gasteiger charge is -2.27. The van der Waals surface area contributed by atoms with Gasteiger partial charge in [0.2, 0.25) is 0 Å². The number of rotatable bonds is 4. The summed E-state index contributed by atoms with van der Waals surface area (Å²) in [6.45, 7) is 21.7. The predicted molar refractivity (Wildman–Crippen MR) is 160 cm³/mol. The summed E-state index contributed by atoms with van der Waals surface area (Å²) in [5.41, 5.74) is 10.2. The van der Waals surface area contributed by atoms with Gasteiger partial charge in [-0.15, -0.1) is 13.2 Å². The third-order valence-electron chi connectivity index (χ3n) is 6.49. The molecule has 1 nitrogen and oxygen atoms in total. The van der Waals surface area contributed by atoms with E-state index in [1.54, 1.807) is 0 Å². The molecule has 36 heavy (non-hydrogen) atoms. The zero-order valence-corrected chi connectivity index (χ0v) is 23.1. The highest BCUT2D eigenvalue weighted by Gasteiger charge is 2.17. The maximum Gasteiger partial charge on any atom is 0.0462 e. The van der Waals surface area contributed by atoms with Gasteiger partial charge in [0.05, 0.1) is 0 Å². The Labute approximate surface area is 219 Å². The lowest BCUT2D eigenvalue weighted by Crippen LogP contribution is -2.13. The van der Waals surface area contributed by atoms with Gasteiger partial charge in [0.1, 0.15) is 0 Å². The number of hydrogen-bond donors (Lipinski definition) is 0. The maximum atomic E-state index is 3.00. The van der Waals surface area contributed by atoms with Gasteiger partial charge in [0.15, 0.2) is 0 Å². The van der Waals surface area contributed by atoms with E-state index in [2.05, 4.69) is 164 Å². The van der Waals surface area contributed by atoms with Crippen LogP contribution in [-0.4, -0.2) is 0 Å². The molecule has 0 amide bonds. The molecule has 1 heteroatoms. The Morgan fingerprint density at radius 2 is 0.722 bits per heavy atom. The van der Waals surface area contributed by atoms with E-state index >= 15 is 0 Å². The van der Waals surface area contributed by atoms with Crippen molar-refractivity contribution >= 4 is 17.1 Å². The summed E-state index contributed by atoms with van der Waals surface area (Å²) in [6, 6.07) is 35.6. The standard InChI is InChI=1S/C33H37N.C2H4/c1-24-8-18-29(19-9-24)34(31-22-16-28(17-23-31)33(5,6)7)30-20-12-26(13-21-30)25-10-14-27(15-11-25)32(2,3)4;1-2/h8-23H,1-7H3;1-2H2. The van der Waals surface area contributed by atoms with E-state index in [0.717, 1.165) is 11.4 Å². The van der Waals surface area contributed by atoms with Crippen LogP contribution < -0.4 is 4.90 Å². The fourth-order valence-corrected chi connectivity index (χ4v) is 4.22. The predicted octanol–water partition coefficient (Wildman–Crippen LogP) is 10.5. The number of benzene rings is 4. The van der Waals surface area contributed by atoms with Crippen LogP contribution in [0.1, 0.15) is 58.2 Å². The van der Waals surface area contributed by atoms with Crippen molar-refractivity contribution in [1.82, 2.24) is 0 Å². The van der Waals surface area contributed by atoms with Crippen molar-refractivity contribution in [2.75, 3.05) is 4.90 Å². The van der Waals surface area contributed by atoms with Gasteiger partial charge in [-0.25, -0.2) is 0 Å². The van der Waals surface area contributed by atoms with Crippen molar-refractivity contribution in [3.63, 3.8) is 0 Å². The molecule has 0 fully saturated rings. The van der Waals surface area contributed by atoms with Crippen LogP contribution >= 0.6 is 0 Å². The fraction of sp³-hybridized carbons (Fsp3) is 0.257. The van der Waals surface area contributed by atoms with E-state index in [4.69, 9.17) is 0 Å². The first-order valence-electron chi connectivity index (χ1n) is 12.7. The van der Waals surface area contributed by atoms with Gasteiger partial charge in [0.25, 0.3) is 0 Å². The molecule has 0 aliphatic carbocycles. The van der Waals surface area contributed by atoms with E-state index in [9.17, 15) is 0 Å². The maximum absolute atomic E-state index is 3.00. The Balaban J connectivity index is 0.00000176. The molecule has 0 spiro atoms. The quantitative estimate of drug-likeness (QED) is 0.265. The molecule has 0 N–H and O–H groups in total. The summed E-state index contributed by atoms with van der Waals surface area (Å²) in [7, 11) is 0. The lowest BCUT2D eigenvalue weighted by molar-refractivity contribution is 0.590. The van der Waals surface area contributed by atoms with Gasteiger partial charge in [-0.2, -0.15) is 0 Å². The molecule has 0 bridgehead atoms. The summed E-state index contributed by atoms with van der Waals surface area (Å²) < 4.78 is 0. The summed E-state index contributed by atoms with van der Waals surface area (Å²) >= 11 is 0. The van der Waals surface area contributed by atoms with Crippen LogP contribution in [0.4, 0.5) is 17.1 Å². The normalized spacial score (nSPS) is 11.4. The van der Waals surface area contributed by atoms with Crippen molar-refractivity contribution in [2.45, 2.75) is 59.3 Å². The highest BCUT2D eigenvalue weighted by atomic mass is 15.1. The third kappa shape index (κ3) is 6.34. The molecule has 0 unspecified atom stereocenters. The van der Waals surface area contributed by atoms with E-state index in [-0.39, 0.29) is 10.8 Å². The molecule has 4 aromatic carbocycles. The van der Waals surface area contributed by atoms with Crippen LogP contribution in [0.2, 0.25) is 0 Å². The molecule has 0 heterocycles. The second-order valence-corrected chi connectivity index (χ2v) is 11.3. The molecule has 186 valence electrons. The van der Waals surface area contributed by atoms with Gasteiger partial charge in [0, 0.05) is 17.1 Å². The van der Waals surface area contributed by atoms with Crippen LogP contribution in [-0.2, 0) is 10.8 Å². The smallest absolute Gasteiger partial charge is 0.0462 e. The molecule has 4 rings (SSSR count). The van der Waals surface area contributed by atoms with Crippen LogP contribution in [0.25, 0.3) is 11.1 Å². The number of anilines is 3. The molecule has 0 aliphatic rings. The summed E-state index contributed by atoms with van der Waals surface area (Å²) in [5.74, 6) is 0. The van der Waals surface area contributed by atoms with E-state index in [0.29, 0.717) is 0 Å². The Bertz CT molecular complexity index is 1230. The highest BCUT2D eigenvalue weighted by molar-refractivity contribution is 5.78. The molecule has 0 aromatic heterocycles. The number of nitrogens with zero attached hydrogens (tertiary/aromatic N) is 1. The largest absolute Gasteiger partial charge is 0.311 e. The van der Waals surface area contributed by atoms with Crippen molar-refractivity contribution in [3.05, 3.63) is 127 Å². The van der Waals surface area contributed by atoms with E-state index in [1.807, 2.05) is 0 Å². The van der Waals surface area contributed by atoms with Crippen LogP contribution in [0, 0.1) is 6.92 Å². The molecule has 0 saturated heterocycles. The van der Waals surface area contributed by atoms with Crippen molar-refractivity contribution in [2.24, 2.45) is 0 Å². The van der Waals surface area contributed by atoms with Crippen LogP contribution in [0.3, 0.4) is 0 Å². The Morgan fingerprint density at radius 1 is 0.444 bits per heavy atom. The first-order valence-corrected chi connectivity index (χ1v) is 12.7. The zero-order chi connectivity index (χ0) is 26.5. The van der Waals surface area contributed by atoms with Crippen LogP contribution in [0.15, 0.2) is 110 Å². The van der Waals surface area contributed by atoms with Crippen molar-refractivity contribution < 1.29 is 0 Å². The highest BCUT2D eigenvalue weighted by Crippen LogP contribution is 2.37. The lowest BCUT2D eigenvalue weighted by atomic mass is 9.86. The second kappa shape index (κ2) is 11.0. The third-order valence-corrected chi connectivity index (χ3v) is 6.49. The minimum atomic E-state index is 0.136.